The summed E-state index contributed by atoms with van der Waals surface area (Å²) in [5.74, 6) is 0. The second-order valence-corrected chi connectivity index (χ2v) is 2.35. The van der Waals surface area contributed by atoms with Crippen LogP contribution in [0.2, 0.25) is 0 Å². The number of nitrogens with one attached hydrogen (secondary N) is 1. The highest BCUT2D eigenvalue weighted by molar-refractivity contribution is 4.62. The Balaban J connectivity index is 3.18. The van der Waals surface area contributed by atoms with E-state index in [4.69, 9.17) is 5.73 Å². The van der Waals surface area contributed by atoms with Crippen molar-refractivity contribution in [3.63, 3.8) is 0 Å². The van der Waals surface area contributed by atoms with Gasteiger partial charge in [-0.15, -0.1) is 0 Å². The third-order valence-electron chi connectivity index (χ3n) is 1.56. The Morgan fingerprint density at radius 1 is 1.44 bits per heavy atom. The van der Waals surface area contributed by atoms with Crippen LogP contribution in [0.1, 0.15) is 26.2 Å². The monoisotopic (exact) mass is 130 g/mol. The normalized spacial score (nSPS) is 13.7. The van der Waals surface area contributed by atoms with Gasteiger partial charge in [-0.1, -0.05) is 13.3 Å². The van der Waals surface area contributed by atoms with Crippen molar-refractivity contribution in [1.82, 2.24) is 5.32 Å². The fourth-order valence-corrected chi connectivity index (χ4v) is 0.983. The maximum Gasteiger partial charge on any atom is 0.00759 e. The van der Waals surface area contributed by atoms with Gasteiger partial charge in [0.15, 0.2) is 0 Å². The Morgan fingerprint density at radius 2 is 2.11 bits per heavy atom. The first-order chi connectivity index (χ1) is 4.35. The molecule has 0 amide bonds. The molecule has 0 spiro atoms. The fourth-order valence-electron chi connectivity index (χ4n) is 0.983. The van der Waals surface area contributed by atoms with Gasteiger partial charge in [0.1, 0.15) is 0 Å². The van der Waals surface area contributed by atoms with E-state index in [1.54, 1.807) is 0 Å². The second-order valence-electron chi connectivity index (χ2n) is 2.35. The minimum absolute atomic E-state index is 0.639. The molecule has 0 rings (SSSR count). The number of hydrogen-bond donors (Lipinski definition) is 2. The lowest BCUT2D eigenvalue weighted by Crippen LogP contribution is -2.27. The summed E-state index contributed by atoms with van der Waals surface area (Å²) in [5.41, 5.74) is 5.40. The van der Waals surface area contributed by atoms with E-state index in [0.717, 1.165) is 13.0 Å². The average molecular weight is 130 g/mol. The molecule has 0 heterocycles. The molecule has 0 aromatic carbocycles. The summed E-state index contributed by atoms with van der Waals surface area (Å²) in [7, 11) is 2.00. The van der Waals surface area contributed by atoms with Crippen molar-refractivity contribution in [2.75, 3.05) is 13.6 Å². The summed E-state index contributed by atoms with van der Waals surface area (Å²) in [5, 5.41) is 3.22. The third kappa shape index (κ3) is 4.43. The van der Waals surface area contributed by atoms with Gasteiger partial charge in [0.05, 0.1) is 0 Å². The Bertz CT molecular complexity index is 48.9. The van der Waals surface area contributed by atoms with Gasteiger partial charge in [0, 0.05) is 6.04 Å². The van der Waals surface area contributed by atoms with Gasteiger partial charge < -0.3 is 11.1 Å². The molecule has 2 heteroatoms. The van der Waals surface area contributed by atoms with Gasteiger partial charge in [0.2, 0.25) is 0 Å². The van der Waals surface area contributed by atoms with Gasteiger partial charge in [-0.05, 0) is 26.4 Å². The van der Waals surface area contributed by atoms with E-state index >= 15 is 0 Å². The quantitative estimate of drug-likeness (QED) is 0.575. The summed E-state index contributed by atoms with van der Waals surface area (Å²) < 4.78 is 0. The molecular formula is C7H18N2. The molecule has 0 radical (unpaired) electrons. The molecular weight excluding hydrogens is 112 g/mol. The first-order valence-corrected chi connectivity index (χ1v) is 3.72. The van der Waals surface area contributed by atoms with E-state index in [9.17, 15) is 0 Å². The van der Waals surface area contributed by atoms with E-state index in [-0.39, 0.29) is 0 Å². The van der Waals surface area contributed by atoms with Crippen LogP contribution >= 0.6 is 0 Å². The highest BCUT2D eigenvalue weighted by atomic mass is 14.9. The van der Waals surface area contributed by atoms with Crippen molar-refractivity contribution in [3.8, 4) is 0 Å². The first kappa shape index (κ1) is 8.92. The van der Waals surface area contributed by atoms with Gasteiger partial charge in [-0.2, -0.15) is 0 Å². The topological polar surface area (TPSA) is 38.0 Å². The highest BCUT2D eigenvalue weighted by Crippen LogP contribution is 1.98. The van der Waals surface area contributed by atoms with Crippen molar-refractivity contribution < 1.29 is 0 Å². The predicted octanol–water partition coefficient (Wildman–Crippen LogP) is 0.723. The van der Waals surface area contributed by atoms with Gasteiger partial charge in [-0.3, -0.25) is 0 Å². The maximum absolute atomic E-state index is 5.40. The average Bonchev–Trinajstić information content (AvgIpc) is 1.88. The van der Waals surface area contributed by atoms with Crippen molar-refractivity contribution in [1.29, 1.82) is 0 Å². The molecule has 3 N–H and O–H groups in total. The van der Waals surface area contributed by atoms with Crippen molar-refractivity contribution in [2.24, 2.45) is 5.73 Å². The zero-order chi connectivity index (χ0) is 7.11. The number of hydrogen-bond acceptors (Lipinski definition) is 2. The van der Waals surface area contributed by atoms with Crippen LogP contribution in [0.25, 0.3) is 0 Å². The standard InChI is InChI=1S/C7H18N2/c1-3-4-7(9-2)5-6-8/h7,9H,3-6,8H2,1-2H3/t7-/m0/s1. The van der Waals surface area contributed by atoms with Crippen LogP contribution in [0.4, 0.5) is 0 Å². The molecule has 0 aliphatic heterocycles. The minimum Gasteiger partial charge on any atom is -0.330 e. The molecule has 0 fully saturated rings. The van der Waals surface area contributed by atoms with Crippen molar-refractivity contribution in [3.05, 3.63) is 0 Å². The van der Waals surface area contributed by atoms with Gasteiger partial charge in [-0.25, -0.2) is 0 Å². The highest BCUT2D eigenvalue weighted by Gasteiger charge is 2.00. The van der Waals surface area contributed by atoms with Crippen molar-refractivity contribution in [2.45, 2.75) is 32.2 Å². The summed E-state index contributed by atoms with van der Waals surface area (Å²) >= 11 is 0. The molecule has 0 aliphatic carbocycles. The van der Waals surface area contributed by atoms with Crippen LogP contribution in [0, 0.1) is 0 Å². The lowest BCUT2D eigenvalue weighted by molar-refractivity contribution is 0.489. The Labute approximate surface area is 57.8 Å². The molecule has 9 heavy (non-hydrogen) atoms. The van der Waals surface area contributed by atoms with Crippen LogP contribution < -0.4 is 11.1 Å². The second kappa shape index (κ2) is 6.05. The molecule has 0 saturated heterocycles. The van der Waals surface area contributed by atoms with Crippen LogP contribution in [-0.2, 0) is 0 Å². The first-order valence-electron chi connectivity index (χ1n) is 3.72. The third-order valence-corrected chi connectivity index (χ3v) is 1.56. The lowest BCUT2D eigenvalue weighted by atomic mass is 10.1. The van der Waals surface area contributed by atoms with Crippen LogP contribution in [-0.4, -0.2) is 19.6 Å². The van der Waals surface area contributed by atoms with E-state index in [0.29, 0.717) is 6.04 Å². The molecule has 0 bridgehead atoms. The number of nitrogens with two attached hydrogens (primary N) is 1. The lowest BCUT2D eigenvalue weighted by Gasteiger charge is -2.12. The Morgan fingerprint density at radius 3 is 2.44 bits per heavy atom. The van der Waals surface area contributed by atoms with Crippen LogP contribution in [0.5, 0.6) is 0 Å². The van der Waals surface area contributed by atoms with Crippen LogP contribution in [0.15, 0.2) is 0 Å². The molecule has 2 nitrogen and oxygen atoms in total. The smallest absolute Gasteiger partial charge is 0.00759 e. The largest absolute Gasteiger partial charge is 0.330 e. The minimum atomic E-state index is 0.639. The SMILES string of the molecule is CCC[C@@H](CCN)NC. The summed E-state index contributed by atoms with van der Waals surface area (Å²) in [4.78, 5) is 0. The Kier molecular flexibility index (Phi) is 5.99. The molecule has 0 saturated carbocycles. The van der Waals surface area contributed by atoms with E-state index in [2.05, 4.69) is 12.2 Å². The summed E-state index contributed by atoms with van der Waals surface area (Å²) in [6.45, 7) is 2.99. The van der Waals surface area contributed by atoms with E-state index < -0.39 is 0 Å². The van der Waals surface area contributed by atoms with Gasteiger partial charge >= 0.3 is 0 Å². The van der Waals surface area contributed by atoms with Gasteiger partial charge in [0.25, 0.3) is 0 Å². The zero-order valence-electron chi connectivity index (χ0n) is 6.48. The maximum atomic E-state index is 5.40. The molecule has 0 aromatic heterocycles. The van der Waals surface area contributed by atoms with Crippen molar-refractivity contribution >= 4 is 0 Å². The van der Waals surface area contributed by atoms with E-state index in [1.165, 1.54) is 12.8 Å². The summed E-state index contributed by atoms with van der Waals surface area (Å²) in [6, 6.07) is 0.639. The van der Waals surface area contributed by atoms with E-state index in [1.807, 2.05) is 7.05 Å². The molecule has 1 atom stereocenters. The fraction of sp³-hybridized carbons (Fsp3) is 1.00. The molecule has 0 aliphatic rings. The molecule has 0 unspecified atom stereocenters. The zero-order valence-corrected chi connectivity index (χ0v) is 6.48. The summed E-state index contributed by atoms with van der Waals surface area (Å²) in [6.07, 6.45) is 3.59. The molecule has 0 aromatic rings. The Hall–Kier alpha value is -0.0800. The number of rotatable bonds is 5. The predicted molar refractivity (Wildman–Crippen MR) is 41.4 cm³/mol. The van der Waals surface area contributed by atoms with Crippen LogP contribution in [0.3, 0.4) is 0 Å². The molecule has 56 valence electrons.